The van der Waals surface area contributed by atoms with Crippen molar-refractivity contribution >= 4 is 141 Å². The van der Waals surface area contributed by atoms with Crippen molar-refractivity contribution in [3.8, 4) is 11.5 Å². The number of nitrogens with two attached hydrogens (primary N) is 1. The molecule has 1 saturated carbocycles. The van der Waals surface area contributed by atoms with Gasteiger partial charge in [0.25, 0.3) is 23.6 Å². The molecular weight excluding hydrogens is 1020 g/mol. The minimum absolute atomic E-state index is 0.00426. The monoisotopic (exact) mass is 1070 g/mol. The van der Waals surface area contributed by atoms with Gasteiger partial charge in [0.1, 0.15) is 20.0 Å². The molecule has 0 spiro atoms. The average Bonchev–Trinajstić information content (AvgIpc) is 4.07. The van der Waals surface area contributed by atoms with Gasteiger partial charge in [-0.25, -0.2) is 0 Å². The van der Waals surface area contributed by atoms with Gasteiger partial charge in [-0.15, -0.1) is 22.7 Å². The number of ether oxygens (including phenoxy) is 1. The first-order valence-corrected chi connectivity index (χ1v) is 25.1. The number of primary amides is 1. The fraction of sp³-hybridized carbons (Fsp3) is 0.286. The minimum Gasteiger partial charge on any atom is -0.505 e. The van der Waals surface area contributed by atoms with Gasteiger partial charge in [-0.2, -0.15) is 0 Å². The number of phenols is 1. The SMILES string of the molecule is CCC(CNC(=O)c1c(NC(=O)c2ccc(CN(C(C)=O)C3CCCC3)cc2)sc2c(Cl)c(O)c(Cl)cc12)N(Cc1ccc(C(=O)Nc2sc3c(Cl)c(OC(C)=O)c(Cl)cc3c2C(N)=O)cc1)C(C)=O. The van der Waals surface area contributed by atoms with E-state index >= 15 is 0 Å². The molecule has 6 N–H and O–H groups in total. The molecular formula is C49H46Cl4N6O9S2. The summed E-state index contributed by atoms with van der Waals surface area (Å²) in [6.07, 6.45) is 4.51. The first kappa shape index (κ1) is 51.9. The summed E-state index contributed by atoms with van der Waals surface area (Å²) in [6.45, 7) is 6.53. The molecule has 366 valence electrons. The lowest BCUT2D eigenvalue weighted by molar-refractivity contribution is -0.132. The normalized spacial score (nSPS) is 13.0. The zero-order valence-electron chi connectivity index (χ0n) is 38.1. The van der Waals surface area contributed by atoms with Crippen LogP contribution in [0.5, 0.6) is 11.5 Å². The number of fused-ring (bicyclic) bond motifs is 2. The molecule has 21 heteroatoms. The van der Waals surface area contributed by atoms with Gasteiger partial charge in [-0.3, -0.25) is 33.6 Å². The number of esters is 1. The van der Waals surface area contributed by atoms with Crippen LogP contribution in [0.2, 0.25) is 20.1 Å². The maximum absolute atomic E-state index is 14.2. The Balaban J connectivity index is 1.05. The highest BCUT2D eigenvalue weighted by Crippen LogP contribution is 2.48. The van der Waals surface area contributed by atoms with Crippen molar-refractivity contribution in [2.75, 3.05) is 17.2 Å². The molecule has 6 aromatic rings. The van der Waals surface area contributed by atoms with Crippen LogP contribution in [-0.4, -0.2) is 74.9 Å². The van der Waals surface area contributed by atoms with Crippen LogP contribution in [0.3, 0.4) is 0 Å². The van der Waals surface area contributed by atoms with E-state index in [4.69, 9.17) is 56.9 Å². The third-order valence-electron chi connectivity index (χ3n) is 12.0. The number of hydrogen-bond acceptors (Lipinski definition) is 11. The van der Waals surface area contributed by atoms with Gasteiger partial charge in [-0.1, -0.05) is 90.4 Å². The Bertz CT molecular complexity index is 3080. The molecule has 70 heavy (non-hydrogen) atoms. The second kappa shape index (κ2) is 22.0. The quantitative estimate of drug-likeness (QED) is 0.0459. The van der Waals surface area contributed by atoms with Crippen LogP contribution in [0.1, 0.15) is 112 Å². The van der Waals surface area contributed by atoms with Crippen molar-refractivity contribution in [2.45, 2.75) is 85.0 Å². The summed E-state index contributed by atoms with van der Waals surface area (Å²) in [6, 6.07) is 15.8. The Morgan fingerprint density at radius 1 is 0.729 bits per heavy atom. The van der Waals surface area contributed by atoms with Crippen molar-refractivity contribution < 1.29 is 43.4 Å². The van der Waals surface area contributed by atoms with Crippen molar-refractivity contribution in [3.63, 3.8) is 0 Å². The lowest BCUT2D eigenvalue weighted by Crippen LogP contribution is -2.45. The minimum atomic E-state index is -0.855. The molecule has 4 aromatic carbocycles. The van der Waals surface area contributed by atoms with Crippen molar-refractivity contribution in [1.29, 1.82) is 0 Å². The van der Waals surface area contributed by atoms with Gasteiger partial charge in [0.15, 0.2) is 11.5 Å². The molecule has 1 atom stereocenters. The molecule has 1 aliphatic carbocycles. The number of hydrogen-bond donors (Lipinski definition) is 5. The molecule has 0 bridgehead atoms. The molecule has 6 amide bonds. The molecule has 1 aliphatic rings. The third kappa shape index (κ3) is 11.1. The van der Waals surface area contributed by atoms with Crippen molar-refractivity contribution in [3.05, 3.63) is 114 Å². The number of amides is 6. The molecule has 15 nitrogen and oxygen atoms in total. The molecule has 0 saturated heterocycles. The molecule has 2 heterocycles. The number of carbonyl (C=O) groups excluding carboxylic acids is 7. The first-order chi connectivity index (χ1) is 33.3. The highest BCUT2D eigenvalue weighted by Gasteiger charge is 2.29. The molecule has 1 unspecified atom stereocenters. The highest BCUT2D eigenvalue weighted by molar-refractivity contribution is 7.24. The third-order valence-corrected chi connectivity index (χ3v) is 15.8. The van der Waals surface area contributed by atoms with E-state index in [9.17, 15) is 38.7 Å². The largest absolute Gasteiger partial charge is 0.505 e. The molecule has 2 aromatic heterocycles. The van der Waals surface area contributed by atoms with Gasteiger partial charge in [0.2, 0.25) is 11.8 Å². The number of rotatable bonds is 16. The van der Waals surface area contributed by atoms with Crippen LogP contribution in [0.15, 0.2) is 60.7 Å². The fourth-order valence-electron chi connectivity index (χ4n) is 8.43. The van der Waals surface area contributed by atoms with Crippen LogP contribution in [0.25, 0.3) is 20.2 Å². The van der Waals surface area contributed by atoms with E-state index in [1.165, 1.54) is 26.0 Å². The maximum Gasteiger partial charge on any atom is 0.308 e. The zero-order valence-corrected chi connectivity index (χ0v) is 42.8. The Labute approximate surface area is 430 Å². The summed E-state index contributed by atoms with van der Waals surface area (Å²) >= 11 is 27.6. The van der Waals surface area contributed by atoms with Crippen LogP contribution in [-0.2, 0) is 27.5 Å². The molecule has 1 fully saturated rings. The van der Waals surface area contributed by atoms with Gasteiger partial charge >= 0.3 is 5.97 Å². The fourth-order valence-corrected chi connectivity index (χ4v) is 11.9. The lowest BCUT2D eigenvalue weighted by Gasteiger charge is -2.30. The van der Waals surface area contributed by atoms with Crippen LogP contribution >= 0.6 is 69.1 Å². The Hall–Kier alpha value is -5.95. The molecule has 7 rings (SSSR count). The number of carbonyl (C=O) groups is 7. The second-order valence-electron chi connectivity index (χ2n) is 16.7. The summed E-state index contributed by atoms with van der Waals surface area (Å²) in [7, 11) is 0. The van der Waals surface area contributed by atoms with E-state index in [1.54, 1.807) is 60.4 Å². The van der Waals surface area contributed by atoms with Crippen molar-refractivity contribution in [2.24, 2.45) is 5.73 Å². The number of nitrogens with one attached hydrogen (secondary N) is 3. The standard InChI is InChI=1S/C49H46Cl4N6O9S2/c1-5-30(58(23(2)60)21-26-10-14-28(15-11-26)45(65)56-48-36(44(54)64)32-19-35(51)41(68-25(4)62)39(53)43(32)70-48)20-55-47(67)37-33-18-34(50)40(63)38(52)42(33)69-49(37)57-46(66)29-16-12-27(13-17-29)22-59(24(3)61)31-8-6-7-9-31/h10-19,30-31,63H,5-9,20-22H2,1-4H3,(H2,54,64)(H,55,67)(H,56,65)(H,57,66). The summed E-state index contributed by atoms with van der Waals surface area (Å²) in [5, 5.41) is 19.6. The first-order valence-electron chi connectivity index (χ1n) is 22.0. The van der Waals surface area contributed by atoms with Gasteiger partial charge < -0.3 is 41.3 Å². The Morgan fingerprint density at radius 3 is 1.76 bits per heavy atom. The van der Waals surface area contributed by atoms with E-state index in [-0.39, 0.29) is 100 Å². The van der Waals surface area contributed by atoms with E-state index in [0.717, 1.165) is 53.9 Å². The molecule has 0 radical (unpaired) electrons. The van der Waals surface area contributed by atoms with Crippen LogP contribution in [0.4, 0.5) is 10.0 Å². The number of phenolic OH excluding ortho intramolecular Hbond substituents is 1. The predicted octanol–water partition coefficient (Wildman–Crippen LogP) is 10.8. The molecule has 0 aliphatic heterocycles. The van der Waals surface area contributed by atoms with Gasteiger partial charge in [0.05, 0.1) is 30.6 Å². The topological polar surface area (TPSA) is 218 Å². The summed E-state index contributed by atoms with van der Waals surface area (Å²) in [5.41, 5.74) is 7.77. The van der Waals surface area contributed by atoms with Crippen LogP contribution in [0, 0.1) is 0 Å². The summed E-state index contributed by atoms with van der Waals surface area (Å²) in [4.78, 5) is 94.9. The average molecular weight is 1070 g/mol. The smallest absolute Gasteiger partial charge is 0.308 e. The summed E-state index contributed by atoms with van der Waals surface area (Å²) in [5.74, 6) is -3.99. The highest BCUT2D eigenvalue weighted by atomic mass is 35.5. The number of nitrogens with zero attached hydrogens (tertiary/aromatic N) is 2. The Morgan fingerprint density at radius 2 is 1.24 bits per heavy atom. The van der Waals surface area contributed by atoms with E-state index < -0.39 is 35.6 Å². The maximum atomic E-state index is 14.2. The van der Waals surface area contributed by atoms with Crippen LogP contribution < -0.4 is 26.4 Å². The zero-order chi connectivity index (χ0) is 50.7. The number of anilines is 2. The number of halogens is 4. The summed E-state index contributed by atoms with van der Waals surface area (Å²) < 4.78 is 5.78. The number of thiophene rings is 2. The number of benzene rings is 4. The van der Waals surface area contributed by atoms with Gasteiger partial charge in [-0.05, 0) is 66.8 Å². The van der Waals surface area contributed by atoms with E-state index in [0.29, 0.717) is 33.5 Å². The lowest BCUT2D eigenvalue weighted by atomic mass is 10.1. The Kier molecular flexibility index (Phi) is 16.3. The van der Waals surface area contributed by atoms with Gasteiger partial charge in [0, 0.05) is 74.4 Å². The second-order valence-corrected chi connectivity index (χ2v) is 20.3. The van der Waals surface area contributed by atoms with E-state index in [1.807, 2.05) is 11.8 Å². The van der Waals surface area contributed by atoms with Crippen molar-refractivity contribution in [1.82, 2.24) is 15.1 Å². The predicted molar refractivity (Wildman–Crippen MR) is 275 cm³/mol. The number of aromatic hydroxyl groups is 1. The van der Waals surface area contributed by atoms with E-state index in [2.05, 4.69) is 16.0 Å².